The van der Waals surface area contributed by atoms with Crippen LogP contribution in [0.5, 0.6) is 0 Å². The molecule has 0 bridgehead atoms. The molecular weight excluding hydrogens is 399 g/mol. The van der Waals surface area contributed by atoms with Crippen molar-refractivity contribution < 1.29 is 37.2 Å². The van der Waals surface area contributed by atoms with Crippen LogP contribution in [0, 0.1) is 0 Å². The van der Waals surface area contributed by atoms with E-state index < -0.39 is 36.5 Å². The SMILES string of the molecule is CN(C)c1cccc2c(S(=O)(=O)N[C@@H](COP(=O)(O)O)C(=O)O)cccc12. The van der Waals surface area contributed by atoms with Gasteiger partial charge in [-0.1, -0.05) is 24.3 Å². The van der Waals surface area contributed by atoms with Crippen LogP contribution in [0.15, 0.2) is 41.3 Å². The minimum Gasteiger partial charge on any atom is -0.480 e. The molecule has 0 saturated heterocycles. The van der Waals surface area contributed by atoms with Crippen molar-refractivity contribution in [1.82, 2.24) is 4.72 Å². The Bertz CT molecular complexity index is 1000. The van der Waals surface area contributed by atoms with E-state index >= 15 is 0 Å². The van der Waals surface area contributed by atoms with Crippen molar-refractivity contribution >= 4 is 40.3 Å². The molecule has 0 aliphatic carbocycles. The van der Waals surface area contributed by atoms with Crippen LogP contribution in [-0.4, -0.2) is 56.0 Å². The molecule has 0 fully saturated rings. The van der Waals surface area contributed by atoms with E-state index in [0.717, 1.165) is 5.69 Å². The Morgan fingerprint density at radius 2 is 1.78 bits per heavy atom. The average Bonchev–Trinajstić information content (AvgIpc) is 2.56. The predicted molar refractivity (Wildman–Crippen MR) is 98.0 cm³/mol. The summed E-state index contributed by atoms with van der Waals surface area (Å²) in [6.07, 6.45) is 0. The van der Waals surface area contributed by atoms with Crippen molar-refractivity contribution in [1.29, 1.82) is 0 Å². The summed E-state index contributed by atoms with van der Waals surface area (Å²) in [4.78, 5) is 30.3. The summed E-state index contributed by atoms with van der Waals surface area (Å²) < 4.78 is 42.3. The first kappa shape index (κ1) is 21.3. The first-order valence-corrected chi connectivity index (χ1v) is 10.6. The predicted octanol–water partition coefficient (Wildman–Crippen LogP) is 0.747. The van der Waals surface area contributed by atoms with Crippen molar-refractivity contribution in [2.24, 2.45) is 0 Å². The number of benzene rings is 2. The van der Waals surface area contributed by atoms with Gasteiger partial charge in [-0.05, 0) is 12.1 Å². The Hall–Kier alpha value is -2.01. The van der Waals surface area contributed by atoms with Gasteiger partial charge in [-0.15, -0.1) is 0 Å². The second-order valence-corrected chi connectivity index (χ2v) is 8.74. The number of carbonyl (C=O) groups is 1. The Kier molecular flexibility index (Phi) is 6.25. The number of fused-ring (bicyclic) bond motifs is 1. The van der Waals surface area contributed by atoms with Gasteiger partial charge in [0.1, 0.15) is 6.04 Å². The average molecular weight is 418 g/mol. The lowest BCUT2D eigenvalue weighted by molar-refractivity contribution is -0.139. The Morgan fingerprint density at radius 3 is 2.33 bits per heavy atom. The number of carboxylic acids is 1. The van der Waals surface area contributed by atoms with E-state index in [4.69, 9.17) is 14.9 Å². The lowest BCUT2D eigenvalue weighted by Crippen LogP contribution is -2.43. The van der Waals surface area contributed by atoms with E-state index in [0.29, 0.717) is 10.8 Å². The second-order valence-electron chi connectivity index (χ2n) is 5.82. The van der Waals surface area contributed by atoms with E-state index in [1.165, 1.54) is 12.1 Å². The number of rotatable bonds is 8. The highest BCUT2D eigenvalue weighted by molar-refractivity contribution is 7.89. The number of anilines is 1. The van der Waals surface area contributed by atoms with Crippen molar-refractivity contribution in [2.75, 3.05) is 25.6 Å². The molecule has 0 radical (unpaired) electrons. The molecule has 2 aromatic carbocycles. The molecule has 148 valence electrons. The highest BCUT2D eigenvalue weighted by Crippen LogP contribution is 2.36. The third-order valence-corrected chi connectivity index (χ3v) is 5.65. The first-order valence-electron chi connectivity index (χ1n) is 7.56. The van der Waals surface area contributed by atoms with Crippen molar-refractivity contribution in [3.8, 4) is 0 Å². The minimum absolute atomic E-state index is 0.161. The Balaban J connectivity index is 2.45. The molecule has 0 spiro atoms. The lowest BCUT2D eigenvalue weighted by Gasteiger charge is -2.18. The maximum absolute atomic E-state index is 12.7. The normalized spacial score (nSPS) is 13.5. The van der Waals surface area contributed by atoms with Crippen LogP contribution in [0.3, 0.4) is 0 Å². The molecule has 0 aromatic heterocycles. The van der Waals surface area contributed by atoms with Gasteiger partial charge in [0.15, 0.2) is 0 Å². The smallest absolute Gasteiger partial charge is 0.469 e. The molecule has 27 heavy (non-hydrogen) atoms. The summed E-state index contributed by atoms with van der Waals surface area (Å²) in [6.45, 7) is -1.04. The van der Waals surface area contributed by atoms with E-state index in [2.05, 4.69) is 4.52 Å². The van der Waals surface area contributed by atoms with Crippen LogP contribution in [0.1, 0.15) is 0 Å². The van der Waals surface area contributed by atoms with Gasteiger partial charge < -0.3 is 19.8 Å². The molecule has 0 aliphatic rings. The van der Waals surface area contributed by atoms with Gasteiger partial charge in [0.2, 0.25) is 10.0 Å². The third kappa shape index (κ3) is 5.25. The molecule has 2 aromatic rings. The zero-order valence-corrected chi connectivity index (χ0v) is 16.1. The Morgan fingerprint density at radius 1 is 1.19 bits per heavy atom. The van der Waals surface area contributed by atoms with Gasteiger partial charge >= 0.3 is 13.8 Å². The quantitative estimate of drug-likeness (QED) is 0.455. The fraction of sp³-hybridized carbons (Fsp3) is 0.267. The van der Waals surface area contributed by atoms with Gasteiger partial charge in [0.25, 0.3) is 0 Å². The maximum atomic E-state index is 12.7. The highest BCUT2D eigenvalue weighted by Gasteiger charge is 2.29. The van der Waals surface area contributed by atoms with Crippen molar-refractivity contribution in [3.63, 3.8) is 0 Å². The monoisotopic (exact) mass is 418 g/mol. The standard InChI is InChI=1S/C15H19N2O8PS/c1-17(2)13-7-3-6-11-10(13)5-4-8-14(11)27(23,24)16-12(15(18)19)9-25-26(20,21)22/h3-8,12,16H,9H2,1-2H3,(H,18,19)(H2,20,21,22)/t12-/m0/s1. The van der Waals surface area contributed by atoms with Crippen LogP contribution in [0.4, 0.5) is 5.69 Å². The van der Waals surface area contributed by atoms with Crippen molar-refractivity contribution in [2.45, 2.75) is 10.9 Å². The number of sulfonamides is 1. The topological polar surface area (TPSA) is 153 Å². The molecule has 2 rings (SSSR count). The Labute approximate surface area is 155 Å². The molecule has 4 N–H and O–H groups in total. The summed E-state index contributed by atoms with van der Waals surface area (Å²) in [5.74, 6) is -1.64. The third-order valence-electron chi connectivity index (χ3n) is 3.64. The molecular formula is C15H19N2O8PS. The first-order chi connectivity index (χ1) is 12.4. The van der Waals surface area contributed by atoms with E-state index in [9.17, 15) is 17.8 Å². The number of nitrogens with zero attached hydrogens (tertiary/aromatic N) is 1. The van der Waals surface area contributed by atoms with Crippen LogP contribution in [0.25, 0.3) is 10.8 Å². The number of phosphoric acid groups is 1. The molecule has 1 atom stereocenters. The van der Waals surface area contributed by atoms with Crippen molar-refractivity contribution in [3.05, 3.63) is 36.4 Å². The fourth-order valence-corrected chi connectivity index (χ4v) is 4.21. The van der Waals surface area contributed by atoms with E-state index in [1.807, 2.05) is 4.72 Å². The maximum Gasteiger partial charge on any atom is 0.469 e. The summed E-state index contributed by atoms with van der Waals surface area (Å²) >= 11 is 0. The van der Waals surface area contributed by atoms with Crippen LogP contribution in [0.2, 0.25) is 0 Å². The second kappa shape index (κ2) is 7.93. The summed E-state index contributed by atoms with van der Waals surface area (Å²) in [5, 5.41) is 10.2. The molecule has 0 amide bonds. The van der Waals surface area contributed by atoms with Gasteiger partial charge in [-0.2, -0.15) is 4.72 Å². The van der Waals surface area contributed by atoms with Gasteiger partial charge in [0, 0.05) is 30.6 Å². The van der Waals surface area contributed by atoms with E-state index in [-0.39, 0.29) is 4.90 Å². The summed E-state index contributed by atoms with van der Waals surface area (Å²) in [5.41, 5.74) is 0.768. The molecule has 10 nitrogen and oxygen atoms in total. The molecule has 0 saturated carbocycles. The largest absolute Gasteiger partial charge is 0.480 e. The lowest BCUT2D eigenvalue weighted by atomic mass is 10.1. The number of nitrogens with one attached hydrogen (secondary N) is 1. The van der Waals surface area contributed by atoms with Gasteiger partial charge in [-0.3, -0.25) is 9.32 Å². The zero-order chi connectivity index (χ0) is 20.4. The molecule has 12 heteroatoms. The number of phosphoric ester groups is 1. The molecule has 0 unspecified atom stereocenters. The molecule has 0 heterocycles. The van der Waals surface area contributed by atoms with Crippen LogP contribution in [-0.2, 0) is 23.9 Å². The number of hydrogen-bond donors (Lipinski definition) is 4. The molecule has 0 aliphatic heterocycles. The summed E-state index contributed by atoms with van der Waals surface area (Å²) in [7, 11) is -5.68. The zero-order valence-electron chi connectivity index (χ0n) is 14.4. The van der Waals surface area contributed by atoms with E-state index in [1.54, 1.807) is 43.3 Å². The minimum atomic E-state index is -4.96. The highest BCUT2D eigenvalue weighted by atomic mass is 32.2. The number of hydrogen-bond acceptors (Lipinski definition) is 6. The van der Waals surface area contributed by atoms with Crippen LogP contribution < -0.4 is 9.62 Å². The van der Waals surface area contributed by atoms with Gasteiger partial charge in [0.05, 0.1) is 11.5 Å². The van der Waals surface area contributed by atoms with Gasteiger partial charge in [-0.25, -0.2) is 13.0 Å². The fourth-order valence-electron chi connectivity index (χ4n) is 2.47. The number of carboxylic acid groups (broad SMARTS) is 1. The van der Waals surface area contributed by atoms with Crippen LogP contribution >= 0.6 is 7.82 Å². The summed E-state index contributed by atoms with van der Waals surface area (Å²) in [6, 6.07) is 7.74. The number of aliphatic carboxylic acids is 1.